The van der Waals surface area contributed by atoms with Crippen LogP contribution in [0.2, 0.25) is 0 Å². The highest BCUT2D eigenvalue weighted by Crippen LogP contribution is 2.44. The monoisotopic (exact) mass is 691 g/mol. The number of sulfone groups is 1. The first-order chi connectivity index (χ1) is 21.8. The fourth-order valence-electron chi connectivity index (χ4n) is 6.33. The van der Waals surface area contributed by atoms with E-state index in [9.17, 15) is 49.1 Å². The second kappa shape index (κ2) is 13.8. The van der Waals surface area contributed by atoms with E-state index in [1.165, 1.54) is 17.0 Å². The molecule has 16 heteroatoms. The molecule has 9 nitrogen and oxygen atoms in total. The molecule has 3 N–H and O–H groups in total. The Labute approximate surface area is 267 Å². The third-order valence-corrected chi connectivity index (χ3v) is 10.3. The number of hydrogen-bond donors (Lipinski definition) is 2. The maximum atomic E-state index is 14.0. The zero-order valence-corrected chi connectivity index (χ0v) is 26.3. The van der Waals surface area contributed by atoms with Gasteiger partial charge in [-0.05, 0) is 68.3 Å². The minimum Gasteiger partial charge on any atom is -0.420 e. The summed E-state index contributed by atoms with van der Waals surface area (Å²) in [6.07, 6.45) is -9.66. The van der Waals surface area contributed by atoms with Gasteiger partial charge in [0.05, 0.1) is 22.1 Å². The summed E-state index contributed by atoms with van der Waals surface area (Å²) in [6, 6.07) is 7.45. The number of nitrogens with two attached hydrogens (primary N) is 1. The van der Waals surface area contributed by atoms with Gasteiger partial charge in [-0.1, -0.05) is 32.0 Å². The molecule has 1 aliphatic heterocycles. The highest BCUT2D eigenvalue weighted by molar-refractivity contribution is 7.91. The Morgan fingerprint density at radius 2 is 1.70 bits per heavy atom. The first-order valence-electron chi connectivity index (χ1n) is 14.9. The molecule has 2 fully saturated rings. The number of nitrogens with one attached hydrogen (secondary N) is 1. The molecule has 1 heterocycles. The predicted octanol–water partition coefficient (Wildman–Crippen LogP) is 4.84. The van der Waals surface area contributed by atoms with Crippen LogP contribution in [-0.2, 0) is 25.6 Å². The molecule has 1 saturated heterocycles. The van der Waals surface area contributed by atoms with Gasteiger partial charge in [-0.25, -0.2) is 13.2 Å². The highest BCUT2D eigenvalue weighted by Gasteiger charge is 2.47. The molecule has 258 valence electrons. The van der Waals surface area contributed by atoms with Gasteiger partial charge in [-0.2, -0.15) is 26.3 Å². The number of benzene rings is 2. The van der Waals surface area contributed by atoms with Gasteiger partial charge < -0.3 is 20.7 Å². The average molecular weight is 692 g/mol. The number of carbonyl (C=O) groups excluding carboxylic acids is 3. The van der Waals surface area contributed by atoms with Gasteiger partial charge in [-0.15, -0.1) is 0 Å². The van der Waals surface area contributed by atoms with E-state index in [-0.39, 0.29) is 35.7 Å². The Morgan fingerprint density at radius 1 is 1.04 bits per heavy atom. The summed E-state index contributed by atoms with van der Waals surface area (Å²) in [5.74, 6) is -8.47. The molecule has 0 bridgehead atoms. The van der Waals surface area contributed by atoms with Crippen LogP contribution in [0.1, 0.15) is 66.9 Å². The van der Waals surface area contributed by atoms with Crippen LogP contribution >= 0.6 is 0 Å². The topological polar surface area (TPSA) is 136 Å². The minimum absolute atomic E-state index is 0.0496. The number of halogens is 6. The Kier molecular flexibility index (Phi) is 10.6. The van der Waals surface area contributed by atoms with Crippen molar-refractivity contribution in [2.45, 2.75) is 74.8 Å². The summed E-state index contributed by atoms with van der Waals surface area (Å²) in [5.41, 5.74) is 2.14. The zero-order valence-electron chi connectivity index (χ0n) is 25.5. The number of primary amides is 1. The molecule has 2 aliphatic rings. The molecule has 2 amide bonds. The Morgan fingerprint density at radius 3 is 2.28 bits per heavy atom. The summed E-state index contributed by atoms with van der Waals surface area (Å²) in [7, 11) is -3.83. The molecule has 47 heavy (non-hydrogen) atoms. The Hall–Kier alpha value is -3.66. The number of alkyl halides is 6. The lowest BCUT2D eigenvalue weighted by Gasteiger charge is -2.41. The number of ether oxygens (including phenoxy) is 1. The fraction of sp³-hybridized carbons (Fsp3) is 0.516. The molecular formula is C31H35F6N3O6S. The van der Waals surface area contributed by atoms with Gasteiger partial charge in [0.15, 0.2) is 9.84 Å². The van der Waals surface area contributed by atoms with Gasteiger partial charge in [0.2, 0.25) is 11.8 Å². The van der Waals surface area contributed by atoms with Crippen LogP contribution in [0.3, 0.4) is 0 Å². The second-order valence-corrected chi connectivity index (χ2v) is 14.3. The van der Waals surface area contributed by atoms with Crippen LogP contribution in [-0.4, -0.2) is 68.2 Å². The van der Waals surface area contributed by atoms with Crippen molar-refractivity contribution in [1.82, 2.24) is 10.2 Å². The van der Waals surface area contributed by atoms with E-state index in [1.807, 2.05) is 13.8 Å². The van der Waals surface area contributed by atoms with Crippen molar-refractivity contribution in [2.75, 3.05) is 18.8 Å². The second-order valence-electron chi connectivity index (χ2n) is 12.3. The lowest BCUT2D eigenvalue weighted by molar-refractivity contribution is -0.189. The number of amides is 2. The molecule has 2 aromatic rings. The number of nitrogens with zero attached hydrogens (tertiary/aromatic N) is 1. The lowest BCUT2D eigenvalue weighted by Crippen LogP contribution is -2.51. The summed E-state index contributed by atoms with van der Waals surface area (Å²) in [4.78, 5) is 39.6. The molecule has 2 aromatic carbocycles. The zero-order chi connectivity index (χ0) is 34.9. The third-order valence-electron chi connectivity index (χ3n) is 8.45. The van der Waals surface area contributed by atoms with Crippen LogP contribution in [0.25, 0.3) is 0 Å². The SMILES string of the molecule is CC(C)CN[C@@H]1CC[C@H](N2CC[C@@H](c3c(OC(=O)C(F)(F)F)cc(C(F)(F)F)cc3C(N)=O)C2=O)[C@H](CS(=O)(=O)c2ccccc2)C1. The molecule has 1 saturated carbocycles. The summed E-state index contributed by atoms with van der Waals surface area (Å²) < 4.78 is 112. The normalized spacial score (nSPS) is 22.5. The first kappa shape index (κ1) is 36.2. The summed E-state index contributed by atoms with van der Waals surface area (Å²) in [6.45, 7) is 4.65. The van der Waals surface area contributed by atoms with Crippen molar-refractivity contribution >= 4 is 27.6 Å². The van der Waals surface area contributed by atoms with Crippen molar-refractivity contribution in [3.05, 3.63) is 59.2 Å². The van der Waals surface area contributed by atoms with Crippen molar-refractivity contribution in [2.24, 2.45) is 17.6 Å². The predicted molar refractivity (Wildman–Crippen MR) is 157 cm³/mol. The molecule has 4 rings (SSSR count). The maximum Gasteiger partial charge on any atom is 0.491 e. The number of likely N-dealkylation sites (tertiary alicyclic amines) is 1. The largest absolute Gasteiger partial charge is 0.491 e. The number of hydrogen-bond acceptors (Lipinski definition) is 7. The van der Waals surface area contributed by atoms with E-state index in [1.54, 1.807) is 18.2 Å². The lowest BCUT2D eigenvalue weighted by atomic mass is 9.81. The molecule has 0 spiro atoms. The van der Waals surface area contributed by atoms with E-state index >= 15 is 0 Å². The van der Waals surface area contributed by atoms with Gasteiger partial charge in [-0.3, -0.25) is 9.59 Å². The minimum atomic E-state index is -5.61. The van der Waals surface area contributed by atoms with Gasteiger partial charge in [0.25, 0.3) is 0 Å². The van der Waals surface area contributed by atoms with Crippen LogP contribution < -0.4 is 15.8 Å². The number of rotatable bonds is 10. The van der Waals surface area contributed by atoms with Crippen LogP contribution in [0.5, 0.6) is 5.75 Å². The molecule has 1 aliphatic carbocycles. The Balaban J connectivity index is 1.72. The molecular weight excluding hydrogens is 656 g/mol. The number of carbonyl (C=O) groups is 3. The smallest absolute Gasteiger partial charge is 0.420 e. The average Bonchev–Trinajstić information content (AvgIpc) is 3.35. The van der Waals surface area contributed by atoms with Gasteiger partial charge >= 0.3 is 18.3 Å². The van der Waals surface area contributed by atoms with Crippen molar-refractivity contribution in [1.29, 1.82) is 0 Å². The van der Waals surface area contributed by atoms with Crippen LogP contribution in [0.15, 0.2) is 47.4 Å². The van der Waals surface area contributed by atoms with E-state index in [4.69, 9.17) is 5.73 Å². The first-order valence-corrected chi connectivity index (χ1v) is 16.6. The summed E-state index contributed by atoms with van der Waals surface area (Å²) >= 11 is 0. The maximum absolute atomic E-state index is 14.0. The van der Waals surface area contributed by atoms with E-state index in [0.717, 1.165) is 0 Å². The van der Waals surface area contributed by atoms with Crippen LogP contribution in [0.4, 0.5) is 26.3 Å². The van der Waals surface area contributed by atoms with E-state index < -0.39 is 80.3 Å². The molecule has 0 unspecified atom stereocenters. The van der Waals surface area contributed by atoms with Crippen LogP contribution in [0, 0.1) is 11.8 Å². The molecule has 0 radical (unpaired) electrons. The van der Waals surface area contributed by atoms with Crippen molar-refractivity contribution < 1.29 is 53.9 Å². The number of esters is 1. The third kappa shape index (κ3) is 8.44. The Bertz CT molecular complexity index is 1600. The van der Waals surface area contributed by atoms with Crippen molar-refractivity contribution in [3.63, 3.8) is 0 Å². The van der Waals surface area contributed by atoms with E-state index in [2.05, 4.69) is 10.1 Å². The molecule has 4 atom stereocenters. The quantitative estimate of drug-likeness (QED) is 0.207. The highest BCUT2D eigenvalue weighted by atomic mass is 32.2. The van der Waals surface area contributed by atoms with Crippen molar-refractivity contribution in [3.8, 4) is 5.75 Å². The fourth-order valence-corrected chi connectivity index (χ4v) is 8.01. The standard InChI is InChI=1S/C31H35F6N3O6S/c1-17(2)15-39-20-8-9-24(18(12-20)16-47(44,45)21-6-4-3-5-7-21)40-11-10-22(28(40)42)26-23(27(38)41)13-19(30(32,33)34)14-25(26)46-29(43)31(35,36)37/h3-7,13-14,17-18,20,22,24,39H,8-12,15-16H2,1-2H3,(H2,38,41)/t18-,20+,22-,24-/m0/s1. The van der Waals surface area contributed by atoms with Gasteiger partial charge in [0.1, 0.15) is 5.75 Å². The summed E-state index contributed by atoms with van der Waals surface area (Å²) in [5, 5.41) is 3.43. The van der Waals surface area contributed by atoms with Gasteiger partial charge in [0, 0.05) is 29.8 Å². The van der Waals surface area contributed by atoms with E-state index in [0.29, 0.717) is 37.8 Å². The molecule has 0 aromatic heterocycles.